The molecule has 25 heavy (non-hydrogen) atoms. The van der Waals surface area contributed by atoms with Crippen molar-refractivity contribution in [2.45, 2.75) is 25.8 Å². The molecule has 0 aliphatic carbocycles. The summed E-state index contributed by atoms with van der Waals surface area (Å²) < 4.78 is 5.36. The number of quaternary nitrogens is 1. The zero-order valence-corrected chi connectivity index (χ0v) is 14.3. The summed E-state index contributed by atoms with van der Waals surface area (Å²) in [7, 11) is 0. The molecule has 0 aliphatic heterocycles. The topological polar surface area (TPSA) is 83.0 Å². The molecule has 2 aromatic rings. The van der Waals surface area contributed by atoms with Crippen molar-refractivity contribution in [3.8, 4) is 5.75 Å². The van der Waals surface area contributed by atoms with Gasteiger partial charge in [0.2, 0.25) is 0 Å². The van der Waals surface area contributed by atoms with Crippen LogP contribution in [0.1, 0.15) is 41.7 Å². The third-order valence-corrected chi connectivity index (χ3v) is 3.92. The lowest BCUT2D eigenvalue weighted by Crippen LogP contribution is -2.86. The molecular formula is C20H23NO4. The number of carbonyl (C=O) groups excluding carboxylic acids is 2. The molecule has 0 unspecified atom stereocenters. The molecule has 0 radical (unpaired) electrons. The van der Waals surface area contributed by atoms with Gasteiger partial charge in [-0.05, 0) is 31.2 Å². The van der Waals surface area contributed by atoms with Crippen LogP contribution in [0.25, 0.3) is 0 Å². The summed E-state index contributed by atoms with van der Waals surface area (Å²) in [6.45, 7) is 3.01. The number of ether oxygens (including phenoxy) is 1. The molecule has 2 rings (SSSR count). The Morgan fingerprint density at radius 3 is 2.36 bits per heavy atom. The molecule has 132 valence electrons. The number of rotatable bonds is 10. The van der Waals surface area contributed by atoms with Crippen LogP contribution in [0.15, 0.2) is 54.6 Å². The standard InChI is InChI=1S/C20H23NO4/c1-2-25-17-10-8-16(9-11-17)19(22)12-13-21-18(14-20(23)24)15-6-4-3-5-7-15/h3-11,18,21H,2,12-14H2,1H3,(H,23,24)/t18-/m1/s1. The van der Waals surface area contributed by atoms with E-state index in [1.165, 1.54) is 0 Å². The van der Waals surface area contributed by atoms with Crippen molar-refractivity contribution in [3.05, 3.63) is 65.7 Å². The van der Waals surface area contributed by atoms with Gasteiger partial charge in [-0.1, -0.05) is 30.3 Å². The van der Waals surface area contributed by atoms with E-state index in [9.17, 15) is 14.7 Å². The van der Waals surface area contributed by atoms with Crippen LogP contribution in [0.4, 0.5) is 0 Å². The molecule has 0 bridgehead atoms. The Bertz CT molecular complexity index is 683. The van der Waals surface area contributed by atoms with Crippen molar-refractivity contribution in [1.29, 1.82) is 0 Å². The third-order valence-electron chi connectivity index (χ3n) is 3.92. The van der Waals surface area contributed by atoms with Crippen LogP contribution in [0.3, 0.4) is 0 Å². The highest BCUT2D eigenvalue weighted by Crippen LogP contribution is 2.14. The molecule has 5 heteroatoms. The van der Waals surface area contributed by atoms with Crippen LogP contribution in [0, 0.1) is 0 Å². The van der Waals surface area contributed by atoms with Crippen LogP contribution in [0.2, 0.25) is 0 Å². The zero-order valence-electron chi connectivity index (χ0n) is 14.3. The molecule has 0 saturated heterocycles. The first-order valence-corrected chi connectivity index (χ1v) is 8.44. The monoisotopic (exact) mass is 341 g/mol. The molecule has 0 spiro atoms. The van der Waals surface area contributed by atoms with Crippen LogP contribution in [-0.2, 0) is 4.79 Å². The Morgan fingerprint density at radius 1 is 1.08 bits per heavy atom. The minimum absolute atomic E-state index is 0.0274. The second-order valence-electron chi connectivity index (χ2n) is 5.75. The van der Waals surface area contributed by atoms with E-state index in [1.54, 1.807) is 24.3 Å². The number of hydrogen-bond donors (Lipinski definition) is 1. The molecule has 5 nitrogen and oxygen atoms in total. The van der Waals surface area contributed by atoms with Crippen LogP contribution in [0.5, 0.6) is 5.75 Å². The highest BCUT2D eigenvalue weighted by Gasteiger charge is 2.16. The molecule has 1 atom stereocenters. The van der Waals surface area contributed by atoms with Gasteiger partial charge >= 0.3 is 0 Å². The van der Waals surface area contributed by atoms with Gasteiger partial charge in [-0.2, -0.15) is 0 Å². The highest BCUT2D eigenvalue weighted by atomic mass is 16.5. The molecule has 2 N–H and O–H groups in total. The number of carbonyl (C=O) groups is 2. The lowest BCUT2D eigenvalue weighted by molar-refractivity contribution is -0.694. The van der Waals surface area contributed by atoms with Gasteiger partial charge in [0.1, 0.15) is 11.8 Å². The second kappa shape index (κ2) is 9.59. The van der Waals surface area contributed by atoms with Gasteiger partial charge in [-0.15, -0.1) is 0 Å². The summed E-state index contributed by atoms with van der Waals surface area (Å²) in [5.41, 5.74) is 1.55. The molecule has 0 heterocycles. The summed E-state index contributed by atoms with van der Waals surface area (Å²) in [5.74, 6) is -0.328. The normalized spacial score (nSPS) is 11.7. The van der Waals surface area contributed by atoms with Crippen molar-refractivity contribution in [2.24, 2.45) is 0 Å². The third kappa shape index (κ3) is 6.04. The van der Waals surface area contributed by atoms with E-state index in [0.717, 1.165) is 11.3 Å². The van der Waals surface area contributed by atoms with Crippen molar-refractivity contribution >= 4 is 11.8 Å². The predicted molar refractivity (Wildman–Crippen MR) is 92.2 cm³/mol. The van der Waals surface area contributed by atoms with E-state index >= 15 is 0 Å². The zero-order chi connectivity index (χ0) is 18.1. The summed E-state index contributed by atoms with van der Waals surface area (Å²) in [4.78, 5) is 23.2. The summed E-state index contributed by atoms with van der Waals surface area (Å²) >= 11 is 0. The summed E-state index contributed by atoms with van der Waals surface area (Å²) in [6.07, 6.45) is 0.256. The van der Waals surface area contributed by atoms with Crippen LogP contribution in [-0.4, -0.2) is 24.9 Å². The van der Waals surface area contributed by atoms with E-state index in [-0.39, 0.29) is 18.2 Å². The molecule has 0 amide bonds. The average molecular weight is 341 g/mol. The molecule has 0 aromatic heterocycles. The largest absolute Gasteiger partial charge is 0.550 e. The molecular weight excluding hydrogens is 318 g/mol. The minimum atomic E-state index is -1.09. The lowest BCUT2D eigenvalue weighted by atomic mass is 10.0. The van der Waals surface area contributed by atoms with E-state index in [0.29, 0.717) is 25.1 Å². The van der Waals surface area contributed by atoms with E-state index in [4.69, 9.17) is 4.74 Å². The number of carboxylic acid groups (broad SMARTS) is 1. The van der Waals surface area contributed by atoms with E-state index in [1.807, 2.05) is 42.6 Å². The first-order chi connectivity index (χ1) is 12.1. The Kier molecular flexibility index (Phi) is 7.16. The summed E-state index contributed by atoms with van der Waals surface area (Å²) in [5, 5.41) is 12.9. The smallest absolute Gasteiger partial charge is 0.168 e. The van der Waals surface area contributed by atoms with Crippen molar-refractivity contribution < 1.29 is 24.7 Å². The van der Waals surface area contributed by atoms with Gasteiger partial charge in [0, 0.05) is 23.5 Å². The summed E-state index contributed by atoms with van der Waals surface area (Å²) in [6, 6.07) is 16.2. The van der Waals surface area contributed by atoms with Gasteiger partial charge < -0.3 is 20.0 Å². The van der Waals surface area contributed by atoms with Gasteiger partial charge in [0.05, 0.1) is 19.6 Å². The van der Waals surface area contributed by atoms with Crippen molar-refractivity contribution in [1.82, 2.24) is 0 Å². The van der Waals surface area contributed by atoms with E-state index < -0.39 is 5.97 Å². The van der Waals surface area contributed by atoms with Gasteiger partial charge in [0.25, 0.3) is 0 Å². The Balaban J connectivity index is 1.90. The predicted octanol–water partition coefficient (Wildman–Crippen LogP) is 1.10. The lowest BCUT2D eigenvalue weighted by Gasteiger charge is -2.16. The number of aliphatic carboxylic acids is 1. The Hall–Kier alpha value is -2.66. The molecule has 0 saturated carbocycles. The van der Waals surface area contributed by atoms with Crippen molar-refractivity contribution in [2.75, 3.05) is 13.2 Å². The average Bonchev–Trinajstić information content (AvgIpc) is 2.62. The first-order valence-electron chi connectivity index (χ1n) is 8.44. The molecule has 2 aromatic carbocycles. The van der Waals surface area contributed by atoms with Gasteiger partial charge in [0.15, 0.2) is 5.78 Å². The number of nitrogens with two attached hydrogens (primary N) is 1. The maximum atomic E-state index is 12.3. The van der Waals surface area contributed by atoms with Crippen molar-refractivity contribution in [3.63, 3.8) is 0 Å². The number of benzene rings is 2. The molecule has 0 aliphatic rings. The SMILES string of the molecule is CCOc1ccc(C(=O)CC[NH2+][C@H](CC(=O)[O-])c2ccccc2)cc1. The van der Waals surface area contributed by atoms with Gasteiger partial charge in [-0.25, -0.2) is 0 Å². The Labute approximate surface area is 147 Å². The Morgan fingerprint density at radius 2 is 1.76 bits per heavy atom. The maximum absolute atomic E-state index is 12.3. The second-order valence-corrected chi connectivity index (χ2v) is 5.75. The fourth-order valence-corrected chi connectivity index (χ4v) is 2.68. The van der Waals surface area contributed by atoms with Gasteiger partial charge in [-0.3, -0.25) is 4.79 Å². The maximum Gasteiger partial charge on any atom is 0.168 e. The minimum Gasteiger partial charge on any atom is -0.550 e. The number of Topliss-reactive ketones (excluding diaryl/α,β-unsaturated/α-hetero) is 1. The molecule has 0 fully saturated rings. The number of ketones is 1. The van der Waals surface area contributed by atoms with E-state index in [2.05, 4.69) is 0 Å². The quantitative estimate of drug-likeness (QED) is 0.656. The fourth-order valence-electron chi connectivity index (χ4n) is 2.68. The van der Waals surface area contributed by atoms with Crippen LogP contribution >= 0.6 is 0 Å². The van der Waals surface area contributed by atoms with Crippen LogP contribution < -0.4 is 15.2 Å². The first kappa shape index (κ1) is 18.7. The highest BCUT2D eigenvalue weighted by molar-refractivity contribution is 5.96. The number of hydrogen-bond acceptors (Lipinski definition) is 4. The fraction of sp³-hybridized carbons (Fsp3) is 0.300. The number of carboxylic acids is 1.